The third kappa shape index (κ3) is 1.48. The second-order valence-electron chi connectivity index (χ2n) is 1.36. The zero-order chi connectivity index (χ0) is 7.65. The molecule has 0 aliphatic carbocycles. The Morgan fingerprint density at radius 1 is 1.67 bits per heavy atom. The fourth-order valence-corrected chi connectivity index (χ4v) is 0.111. The van der Waals surface area contributed by atoms with Crippen LogP contribution in [0.1, 0.15) is 0 Å². The Morgan fingerprint density at radius 3 is 2.00 bits per heavy atom. The summed E-state index contributed by atoms with van der Waals surface area (Å²) in [6.07, 6.45) is 0. The number of carboxylic acids is 1. The molecule has 0 atom stereocenters. The van der Waals surface area contributed by atoms with Crippen LogP contribution in [0.25, 0.3) is 0 Å². The summed E-state index contributed by atoms with van der Waals surface area (Å²) in [5, 5.41) is 25.7. The van der Waals surface area contributed by atoms with Gasteiger partial charge in [0.25, 0.3) is 5.79 Å². The molecule has 0 heterocycles. The van der Waals surface area contributed by atoms with Crippen LogP contribution in [-0.2, 0) is 4.79 Å². The third-order valence-corrected chi connectivity index (χ3v) is 0.663. The lowest BCUT2D eigenvalue weighted by atomic mass is 10.3. The van der Waals surface area contributed by atoms with Gasteiger partial charge in [-0.15, -0.1) is 0 Å². The quantitative estimate of drug-likeness (QED) is 0.425. The molecule has 0 radical (unpaired) electrons. The van der Waals surface area contributed by atoms with E-state index in [2.05, 4.69) is 6.58 Å². The van der Waals surface area contributed by atoms with Gasteiger partial charge in [0.1, 0.15) is 5.97 Å². The van der Waals surface area contributed by atoms with Crippen LogP contribution in [0.15, 0.2) is 12.4 Å². The van der Waals surface area contributed by atoms with Crippen molar-refractivity contribution in [1.29, 1.82) is 0 Å². The smallest absolute Gasteiger partial charge is 0.258 e. The van der Waals surface area contributed by atoms with Crippen LogP contribution in [0.5, 0.6) is 0 Å². The first-order chi connectivity index (χ1) is 3.89. The largest absolute Gasteiger partial charge is 0.544 e. The van der Waals surface area contributed by atoms with Gasteiger partial charge in [-0.3, -0.25) is 0 Å². The average molecular weight is 135 g/mol. The number of rotatable bonds is 2. The molecule has 0 saturated heterocycles. The Morgan fingerprint density at radius 2 is 2.00 bits per heavy atom. The van der Waals surface area contributed by atoms with Gasteiger partial charge in [-0.2, -0.15) is 0 Å². The number of aliphatic carboxylic acids is 1. The van der Waals surface area contributed by atoms with Crippen molar-refractivity contribution >= 4 is 5.97 Å². The maximum atomic E-state index is 11.6. The molecule has 0 unspecified atom stereocenters. The summed E-state index contributed by atoms with van der Waals surface area (Å²) in [6, 6.07) is 0. The molecule has 0 aliphatic rings. The first-order valence-corrected chi connectivity index (χ1v) is 1.90. The highest BCUT2D eigenvalue weighted by Gasteiger charge is 2.29. The van der Waals surface area contributed by atoms with Crippen LogP contribution in [0.3, 0.4) is 0 Å². The fourth-order valence-electron chi connectivity index (χ4n) is 0.111. The van der Waals surface area contributed by atoms with Crippen LogP contribution in [0.4, 0.5) is 4.39 Å². The lowest BCUT2D eigenvalue weighted by molar-refractivity contribution is -0.342. The molecule has 5 heteroatoms. The third-order valence-electron chi connectivity index (χ3n) is 0.663. The SMILES string of the molecule is C=C(F)C(O)(O)C(=O)[O-]. The number of halogens is 1. The van der Waals surface area contributed by atoms with Crippen molar-refractivity contribution in [2.75, 3.05) is 0 Å². The van der Waals surface area contributed by atoms with Crippen LogP contribution >= 0.6 is 0 Å². The van der Waals surface area contributed by atoms with Crippen molar-refractivity contribution in [1.82, 2.24) is 0 Å². The number of carbonyl (C=O) groups is 1. The zero-order valence-electron chi connectivity index (χ0n) is 4.30. The lowest BCUT2D eigenvalue weighted by Gasteiger charge is -2.18. The number of hydrogen-bond donors (Lipinski definition) is 2. The summed E-state index contributed by atoms with van der Waals surface area (Å²) in [7, 11) is 0. The van der Waals surface area contributed by atoms with Crippen molar-refractivity contribution in [2.45, 2.75) is 5.79 Å². The summed E-state index contributed by atoms with van der Waals surface area (Å²) in [4.78, 5) is 9.55. The number of carboxylic acid groups (broad SMARTS) is 1. The van der Waals surface area contributed by atoms with Crippen LogP contribution < -0.4 is 5.11 Å². The summed E-state index contributed by atoms with van der Waals surface area (Å²) >= 11 is 0. The summed E-state index contributed by atoms with van der Waals surface area (Å²) in [5.41, 5.74) is 0. The molecular formula is C4H4FO4-. The molecule has 0 spiro atoms. The minimum Gasteiger partial charge on any atom is -0.544 e. The van der Waals surface area contributed by atoms with Gasteiger partial charge in [0.2, 0.25) is 0 Å². The Bertz CT molecular complexity index is 135. The molecule has 52 valence electrons. The average Bonchev–Trinajstić information content (AvgIpc) is 1.65. The van der Waals surface area contributed by atoms with Crippen LogP contribution in [0, 0.1) is 0 Å². The first kappa shape index (κ1) is 8.06. The molecule has 9 heavy (non-hydrogen) atoms. The van der Waals surface area contributed by atoms with Crippen LogP contribution in [0.2, 0.25) is 0 Å². The van der Waals surface area contributed by atoms with Gasteiger partial charge in [0.05, 0.1) is 0 Å². The van der Waals surface area contributed by atoms with E-state index in [0.717, 1.165) is 0 Å². The molecule has 0 aromatic heterocycles. The van der Waals surface area contributed by atoms with Crippen molar-refractivity contribution in [3.8, 4) is 0 Å². The predicted octanol–water partition coefficient (Wildman–Crippen LogP) is -2.10. The van der Waals surface area contributed by atoms with E-state index in [1.807, 2.05) is 0 Å². The van der Waals surface area contributed by atoms with Crippen LogP contribution in [-0.4, -0.2) is 22.0 Å². The minimum absolute atomic E-state index is 1.78. The molecule has 0 rings (SSSR count). The van der Waals surface area contributed by atoms with Gasteiger partial charge in [-0.25, -0.2) is 4.39 Å². The first-order valence-electron chi connectivity index (χ1n) is 1.90. The second kappa shape index (κ2) is 2.12. The van der Waals surface area contributed by atoms with E-state index in [0.29, 0.717) is 0 Å². The summed E-state index contributed by atoms with van der Waals surface area (Å²) < 4.78 is 11.6. The van der Waals surface area contributed by atoms with Crippen molar-refractivity contribution < 1.29 is 24.5 Å². The van der Waals surface area contributed by atoms with Gasteiger partial charge in [0.15, 0.2) is 5.83 Å². The molecule has 0 aromatic rings. The highest BCUT2D eigenvalue weighted by molar-refractivity contribution is 5.75. The Labute approximate surface area is 49.9 Å². The highest BCUT2D eigenvalue weighted by atomic mass is 19.1. The monoisotopic (exact) mass is 135 g/mol. The predicted molar refractivity (Wildman–Crippen MR) is 22.4 cm³/mol. The minimum atomic E-state index is -3.56. The van der Waals surface area contributed by atoms with Gasteiger partial charge in [0, 0.05) is 0 Å². The molecule has 0 aromatic carbocycles. The van der Waals surface area contributed by atoms with Crippen molar-refractivity contribution in [2.24, 2.45) is 0 Å². The summed E-state index contributed by atoms with van der Waals surface area (Å²) in [6.45, 7) is 2.36. The van der Waals surface area contributed by atoms with Gasteiger partial charge in [-0.1, -0.05) is 6.58 Å². The maximum absolute atomic E-state index is 11.6. The molecule has 4 nitrogen and oxygen atoms in total. The Kier molecular flexibility index (Phi) is 1.90. The fraction of sp³-hybridized carbons (Fsp3) is 0.250. The van der Waals surface area contributed by atoms with Crippen molar-refractivity contribution in [3.05, 3.63) is 12.4 Å². The molecule has 0 saturated carbocycles. The van der Waals surface area contributed by atoms with E-state index >= 15 is 0 Å². The molecule has 2 N–H and O–H groups in total. The molecule has 0 aliphatic heterocycles. The van der Waals surface area contributed by atoms with E-state index < -0.39 is 17.6 Å². The Balaban J connectivity index is 4.38. The van der Waals surface area contributed by atoms with E-state index in [-0.39, 0.29) is 0 Å². The lowest BCUT2D eigenvalue weighted by Crippen LogP contribution is -2.48. The van der Waals surface area contributed by atoms with E-state index in [9.17, 15) is 14.3 Å². The van der Waals surface area contributed by atoms with Gasteiger partial charge in [-0.05, 0) is 0 Å². The molecule has 0 amide bonds. The maximum Gasteiger partial charge on any atom is 0.258 e. The highest BCUT2D eigenvalue weighted by Crippen LogP contribution is 2.10. The van der Waals surface area contributed by atoms with Gasteiger partial charge < -0.3 is 20.1 Å². The topological polar surface area (TPSA) is 80.6 Å². The second-order valence-corrected chi connectivity index (χ2v) is 1.36. The number of hydrogen-bond acceptors (Lipinski definition) is 4. The van der Waals surface area contributed by atoms with E-state index in [1.165, 1.54) is 0 Å². The normalized spacial score (nSPS) is 11.0. The molecular weight excluding hydrogens is 131 g/mol. The van der Waals surface area contributed by atoms with Crippen molar-refractivity contribution in [3.63, 3.8) is 0 Å². The van der Waals surface area contributed by atoms with E-state index in [1.54, 1.807) is 0 Å². The number of aliphatic hydroxyl groups is 2. The standard InChI is InChI=1S/C4H5FO4/c1-2(5)4(8,9)3(6)7/h8-9H,1H2,(H,6,7)/p-1. The van der Waals surface area contributed by atoms with E-state index in [4.69, 9.17) is 10.2 Å². The van der Waals surface area contributed by atoms with Gasteiger partial charge >= 0.3 is 0 Å². The summed E-state index contributed by atoms with van der Waals surface area (Å²) in [5.74, 6) is -7.67. The number of carbonyl (C=O) groups excluding carboxylic acids is 1. The molecule has 0 bridgehead atoms. The Hall–Kier alpha value is -0.940. The zero-order valence-corrected chi connectivity index (χ0v) is 4.30. The molecule has 0 fully saturated rings.